The number of halogens is 1. The number of hydrogen-bond donors (Lipinski definition) is 1. The fraction of sp³-hybridized carbons (Fsp3) is 0.750. The van der Waals surface area contributed by atoms with E-state index in [4.69, 9.17) is 11.6 Å². The van der Waals surface area contributed by atoms with Gasteiger partial charge < -0.3 is 5.32 Å². The zero-order valence-corrected chi connectivity index (χ0v) is 12.1. The lowest BCUT2D eigenvalue weighted by Gasteiger charge is -2.30. The predicted octanol–water partition coefficient (Wildman–Crippen LogP) is 2.63. The number of carbonyl (C=O) groups is 1. The Kier molecular flexibility index (Phi) is 4.95. The van der Waals surface area contributed by atoms with Crippen LogP contribution in [0.2, 0.25) is 0 Å². The van der Waals surface area contributed by atoms with E-state index in [0.29, 0.717) is 16.7 Å². The molecule has 1 aliphatic carbocycles. The second kappa shape index (κ2) is 6.48. The average Bonchev–Trinajstić information content (AvgIpc) is 2.87. The van der Waals surface area contributed by atoms with Gasteiger partial charge in [0, 0.05) is 11.9 Å². The van der Waals surface area contributed by atoms with Gasteiger partial charge in [0.2, 0.25) is 0 Å². The molecule has 6 heteroatoms. The molecule has 2 atom stereocenters. The highest BCUT2D eigenvalue weighted by Gasteiger charge is 2.27. The molecule has 1 saturated carbocycles. The number of amides is 1. The summed E-state index contributed by atoms with van der Waals surface area (Å²) in [4.78, 5) is 12.8. The Bertz CT molecular complexity index is 410. The largest absolute Gasteiger partial charge is 0.348 e. The molecule has 1 aromatic heterocycles. The molecule has 1 aromatic rings. The van der Waals surface area contributed by atoms with Crippen LogP contribution in [0.5, 0.6) is 0 Å². The number of alkyl halides is 1. The summed E-state index contributed by atoms with van der Waals surface area (Å²) in [6, 6.07) is 0.204. The van der Waals surface area contributed by atoms with Crippen LogP contribution < -0.4 is 5.32 Å². The average molecular weight is 288 g/mol. The molecule has 0 aromatic carbocycles. The van der Waals surface area contributed by atoms with Crippen molar-refractivity contribution in [1.29, 1.82) is 0 Å². The van der Waals surface area contributed by atoms with Crippen molar-refractivity contribution in [2.45, 2.75) is 45.1 Å². The van der Waals surface area contributed by atoms with Crippen molar-refractivity contribution in [3.05, 3.63) is 10.6 Å². The third-order valence-electron chi connectivity index (χ3n) is 3.52. The van der Waals surface area contributed by atoms with E-state index in [1.807, 2.05) is 6.92 Å². The lowest BCUT2D eigenvalue weighted by molar-refractivity contribution is 0.0914. The van der Waals surface area contributed by atoms with Crippen LogP contribution in [0.15, 0.2) is 0 Å². The maximum atomic E-state index is 12.2. The summed E-state index contributed by atoms with van der Waals surface area (Å²) in [6.07, 6.45) is 5.25. The summed E-state index contributed by atoms with van der Waals surface area (Å²) >= 11 is 7.14. The maximum Gasteiger partial charge on any atom is 0.265 e. The van der Waals surface area contributed by atoms with Crippen LogP contribution in [0.25, 0.3) is 0 Å². The third kappa shape index (κ3) is 3.01. The molecule has 2 unspecified atom stereocenters. The van der Waals surface area contributed by atoms with Crippen LogP contribution in [0.1, 0.15) is 48.0 Å². The number of aryl methyl sites for hydroxylation is 1. The van der Waals surface area contributed by atoms with E-state index in [9.17, 15) is 4.79 Å². The Balaban J connectivity index is 2.02. The topological polar surface area (TPSA) is 54.9 Å². The predicted molar refractivity (Wildman–Crippen MR) is 73.2 cm³/mol. The molecule has 1 aliphatic rings. The summed E-state index contributed by atoms with van der Waals surface area (Å²) in [5.74, 6) is 0.978. The van der Waals surface area contributed by atoms with E-state index in [2.05, 4.69) is 14.9 Å². The van der Waals surface area contributed by atoms with E-state index in [-0.39, 0.29) is 11.9 Å². The molecule has 0 saturated heterocycles. The van der Waals surface area contributed by atoms with Gasteiger partial charge in [-0.3, -0.25) is 4.79 Å². The van der Waals surface area contributed by atoms with Crippen LogP contribution in [0, 0.1) is 5.92 Å². The molecule has 1 fully saturated rings. The smallest absolute Gasteiger partial charge is 0.265 e. The second-order valence-corrected chi connectivity index (χ2v) is 5.74. The van der Waals surface area contributed by atoms with E-state index in [0.717, 1.165) is 25.0 Å². The Morgan fingerprint density at radius 3 is 3.00 bits per heavy atom. The highest BCUT2D eigenvalue weighted by atomic mass is 35.5. The summed E-state index contributed by atoms with van der Waals surface area (Å²) < 4.78 is 3.85. The van der Waals surface area contributed by atoms with Crippen LogP contribution in [0.4, 0.5) is 0 Å². The lowest BCUT2D eigenvalue weighted by atomic mass is 9.86. The van der Waals surface area contributed by atoms with Crippen molar-refractivity contribution in [1.82, 2.24) is 14.9 Å². The van der Waals surface area contributed by atoms with Gasteiger partial charge in [-0.05, 0) is 36.7 Å². The molecule has 4 nitrogen and oxygen atoms in total. The van der Waals surface area contributed by atoms with Gasteiger partial charge in [-0.25, -0.2) is 0 Å². The quantitative estimate of drug-likeness (QED) is 0.866. The molecule has 1 heterocycles. The minimum absolute atomic E-state index is 0.0381. The first-order valence-corrected chi connectivity index (χ1v) is 7.75. The second-order valence-electron chi connectivity index (χ2n) is 4.68. The number of nitrogens with one attached hydrogen (secondary N) is 1. The van der Waals surface area contributed by atoms with Crippen molar-refractivity contribution >= 4 is 29.0 Å². The Morgan fingerprint density at radius 2 is 2.28 bits per heavy atom. The summed E-state index contributed by atoms with van der Waals surface area (Å²) in [6.45, 7) is 1.98. The zero-order valence-electron chi connectivity index (χ0n) is 10.5. The third-order valence-corrected chi connectivity index (χ3v) is 4.68. The number of hydrogen-bond acceptors (Lipinski definition) is 4. The molecule has 0 radical (unpaired) electrons. The van der Waals surface area contributed by atoms with Crippen LogP contribution in [-0.2, 0) is 6.42 Å². The molecule has 1 amide bonds. The van der Waals surface area contributed by atoms with Crippen molar-refractivity contribution in [2.24, 2.45) is 5.92 Å². The SMILES string of the molecule is CCc1nnsc1C(=O)NC1CCCCC1CCl. The van der Waals surface area contributed by atoms with E-state index in [1.165, 1.54) is 24.4 Å². The molecule has 100 valence electrons. The Morgan fingerprint density at radius 1 is 1.50 bits per heavy atom. The monoisotopic (exact) mass is 287 g/mol. The highest BCUT2D eigenvalue weighted by molar-refractivity contribution is 7.08. The van der Waals surface area contributed by atoms with Gasteiger partial charge in [-0.2, -0.15) is 0 Å². The summed E-state index contributed by atoms with van der Waals surface area (Å²) in [5.41, 5.74) is 0.788. The zero-order chi connectivity index (χ0) is 13.0. The van der Waals surface area contributed by atoms with Crippen LogP contribution >= 0.6 is 23.1 Å². The van der Waals surface area contributed by atoms with Gasteiger partial charge in [0.1, 0.15) is 4.88 Å². The molecule has 0 aliphatic heterocycles. The summed E-state index contributed by atoms with van der Waals surface area (Å²) in [5, 5.41) is 7.07. The van der Waals surface area contributed by atoms with Crippen molar-refractivity contribution in [2.75, 3.05) is 5.88 Å². The van der Waals surface area contributed by atoms with Crippen molar-refractivity contribution < 1.29 is 4.79 Å². The number of carbonyl (C=O) groups excluding carboxylic acids is 1. The molecular weight excluding hydrogens is 270 g/mol. The number of nitrogens with zero attached hydrogens (tertiary/aromatic N) is 2. The first-order valence-electron chi connectivity index (χ1n) is 6.44. The summed E-state index contributed by atoms with van der Waals surface area (Å²) in [7, 11) is 0. The molecule has 1 N–H and O–H groups in total. The molecule has 0 spiro atoms. The van der Waals surface area contributed by atoms with Gasteiger partial charge in [0.25, 0.3) is 5.91 Å². The molecular formula is C12H18ClN3OS. The standard InChI is InChI=1S/C12H18ClN3OS/c1-2-9-11(18-16-15-9)12(17)14-10-6-4-3-5-8(10)7-13/h8,10H,2-7H2,1H3,(H,14,17). The molecule has 18 heavy (non-hydrogen) atoms. The van der Waals surface area contributed by atoms with Gasteiger partial charge in [0.15, 0.2) is 0 Å². The van der Waals surface area contributed by atoms with Crippen LogP contribution in [0.3, 0.4) is 0 Å². The van der Waals surface area contributed by atoms with E-state index >= 15 is 0 Å². The normalized spacial score (nSPS) is 23.9. The molecule has 2 rings (SSSR count). The first-order chi connectivity index (χ1) is 8.76. The van der Waals surface area contributed by atoms with Gasteiger partial charge in [-0.1, -0.05) is 24.3 Å². The van der Waals surface area contributed by atoms with Crippen LogP contribution in [-0.4, -0.2) is 27.4 Å². The minimum atomic E-state index is -0.0381. The van der Waals surface area contributed by atoms with Crippen molar-refractivity contribution in [3.8, 4) is 0 Å². The maximum absolute atomic E-state index is 12.2. The fourth-order valence-corrected chi connectivity index (χ4v) is 3.45. The molecule has 0 bridgehead atoms. The van der Waals surface area contributed by atoms with Gasteiger partial charge in [-0.15, -0.1) is 16.7 Å². The first kappa shape index (κ1) is 13.7. The number of rotatable bonds is 4. The van der Waals surface area contributed by atoms with E-state index in [1.54, 1.807) is 0 Å². The van der Waals surface area contributed by atoms with Gasteiger partial charge >= 0.3 is 0 Å². The lowest BCUT2D eigenvalue weighted by Crippen LogP contribution is -2.42. The Hall–Kier alpha value is -0.680. The fourth-order valence-electron chi connectivity index (χ4n) is 2.43. The Labute approximate surface area is 116 Å². The van der Waals surface area contributed by atoms with Crippen molar-refractivity contribution in [3.63, 3.8) is 0 Å². The highest BCUT2D eigenvalue weighted by Crippen LogP contribution is 2.26. The van der Waals surface area contributed by atoms with E-state index < -0.39 is 0 Å². The number of aromatic nitrogens is 2. The van der Waals surface area contributed by atoms with Gasteiger partial charge in [0.05, 0.1) is 5.69 Å². The minimum Gasteiger partial charge on any atom is -0.348 e.